The quantitative estimate of drug-likeness (QED) is 0.263. The van der Waals surface area contributed by atoms with Crippen LogP contribution in [0.1, 0.15) is 60.0 Å². The summed E-state index contributed by atoms with van der Waals surface area (Å²) in [6.07, 6.45) is 1.20. The van der Waals surface area contributed by atoms with Crippen LogP contribution in [0.2, 0.25) is 0 Å². The van der Waals surface area contributed by atoms with Gasteiger partial charge in [-0.3, -0.25) is 4.79 Å². The lowest BCUT2D eigenvalue weighted by molar-refractivity contribution is 0.0585. The van der Waals surface area contributed by atoms with Crippen molar-refractivity contribution in [1.29, 1.82) is 0 Å². The van der Waals surface area contributed by atoms with E-state index in [1.165, 1.54) is 18.2 Å². The number of hydrogen-bond donors (Lipinski definition) is 1. The first kappa shape index (κ1) is 27.4. The van der Waals surface area contributed by atoms with Crippen molar-refractivity contribution in [2.24, 2.45) is 11.7 Å². The number of amides is 1. The van der Waals surface area contributed by atoms with Crippen molar-refractivity contribution >= 4 is 16.9 Å². The molecule has 4 rings (SSSR count). The Hall–Kier alpha value is -3.65. The van der Waals surface area contributed by atoms with Gasteiger partial charge in [-0.2, -0.15) is 0 Å². The second kappa shape index (κ2) is 11.8. The second-order valence-electron chi connectivity index (χ2n) is 9.77. The number of nitrogens with zero attached hydrogens (tertiary/aromatic N) is 3. The molecule has 0 spiro atoms. The normalized spacial score (nSPS) is 13.0. The molecule has 0 fully saturated rings. The van der Waals surface area contributed by atoms with Crippen LogP contribution in [-0.2, 0) is 6.54 Å². The molecule has 1 aromatic heterocycles. The number of fused-ring (bicyclic) bond motifs is 1. The molecule has 4 aromatic rings. The highest BCUT2D eigenvalue weighted by atomic mass is 19.1. The van der Waals surface area contributed by atoms with E-state index in [9.17, 15) is 18.0 Å². The Morgan fingerprint density at radius 2 is 1.82 bits per heavy atom. The van der Waals surface area contributed by atoms with Gasteiger partial charge in [0.05, 0.1) is 22.6 Å². The first-order valence-corrected chi connectivity index (χ1v) is 12.9. The summed E-state index contributed by atoms with van der Waals surface area (Å²) in [6, 6.07) is 14.7. The van der Waals surface area contributed by atoms with Crippen LogP contribution in [0.5, 0.6) is 0 Å². The summed E-state index contributed by atoms with van der Waals surface area (Å²) >= 11 is 0. The molecule has 0 aliphatic heterocycles. The summed E-state index contributed by atoms with van der Waals surface area (Å²) in [5.74, 6) is -2.00. The zero-order valence-corrected chi connectivity index (χ0v) is 21.9. The lowest BCUT2D eigenvalue weighted by atomic mass is 9.95. The molecule has 0 radical (unpaired) electrons. The third-order valence-electron chi connectivity index (χ3n) is 6.97. The molecule has 3 aromatic carbocycles. The highest BCUT2D eigenvalue weighted by molar-refractivity contribution is 5.95. The van der Waals surface area contributed by atoms with E-state index >= 15 is 0 Å². The molecule has 0 aliphatic rings. The molecule has 1 amide bonds. The smallest absolute Gasteiger partial charge is 0.257 e. The van der Waals surface area contributed by atoms with Crippen molar-refractivity contribution in [3.8, 4) is 0 Å². The van der Waals surface area contributed by atoms with E-state index in [0.29, 0.717) is 37.8 Å². The zero-order chi connectivity index (χ0) is 27.4. The second-order valence-corrected chi connectivity index (χ2v) is 9.77. The van der Waals surface area contributed by atoms with E-state index in [2.05, 4.69) is 0 Å². The highest BCUT2D eigenvalue weighted by Gasteiger charge is 2.34. The number of aromatic nitrogens is 2. The van der Waals surface area contributed by atoms with Gasteiger partial charge in [-0.05, 0) is 73.3 Å². The fourth-order valence-corrected chi connectivity index (χ4v) is 4.84. The predicted octanol–water partition coefficient (Wildman–Crippen LogP) is 6.39. The van der Waals surface area contributed by atoms with E-state index < -0.39 is 23.6 Å². The molecule has 0 saturated carbocycles. The molecule has 0 aliphatic carbocycles. The minimum absolute atomic E-state index is 0.0654. The molecule has 5 nitrogen and oxygen atoms in total. The standard InChI is InChI=1S/C30H33F3N4O/c1-4-20(3)28(36(14-6-13-34)30(38)24-11-10-23(32)17-25(24)33)29-35-26-15-19(2)9-12-27(26)37(29)18-21-7-5-8-22(31)16-21/h5,7-12,15-17,20,28H,4,6,13-14,18,34H2,1-3H3/t20?,28-/m1/s1. The monoisotopic (exact) mass is 522 g/mol. The van der Waals surface area contributed by atoms with Crippen LogP contribution in [0.3, 0.4) is 0 Å². The number of nitrogens with two attached hydrogens (primary N) is 1. The number of benzene rings is 3. The molecule has 2 atom stereocenters. The first-order valence-electron chi connectivity index (χ1n) is 12.9. The van der Waals surface area contributed by atoms with Gasteiger partial charge in [0.2, 0.25) is 0 Å². The van der Waals surface area contributed by atoms with Crippen LogP contribution in [-0.4, -0.2) is 33.4 Å². The Kier molecular flexibility index (Phi) is 8.52. The van der Waals surface area contributed by atoms with Crippen molar-refractivity contribution in [1.82, 2.24) is 14.5 Å². The van der Waals surface area contributed by atoms with Gasteiger partial charge >= 0.3 is 0 Å². The molecule has 0 bridgehead atoms. The van der Waals surface area contributed by atoms with Gasteiger partial charge in [-0.1, -0.05) is 38.5 Å². The topological polar surface area (TPSA) is 64.2 Å². The first-order chi connectivity index (χ1) is 18.2. The van der Waals surface area contributed by atoms with E-state index in [0.717, 1.165) is 28.2 Å². The van der Waals surface area contributed by atoms with E-state index in [1.807, 2.05) is 49.6 Å². The molecule has 1 heterocycles. The lowest BCUT2D eigenvalue weighted by Gasteiger charge is -2.35. The lowest BCUT2D eigenvalue weighted by Crippen LogP contribution is -2.41. The molecular formula is C30H33F3N4O. The van der Waals surface area contributed by atoms with Gasteiger partial charge in [0.1, 0.15) is 23.3 Å². The summed E-state index contributed by atoms with van der Waals surface area (Å²) in [5.41, 5.74) is 8.99. The number of halogens is 3. The Morgan fingerprint density at radius 1 is 1.05 bits per heavy atom. The average Bonchev–Trinajstić information content (AvgIpc) is 3.22. The Bertz CT molecular complexity index is 1430. The fourth-order valence-electron chi connectivity index (χ4n) is 4.84. The molecular weight excluding hydrogens is 489 g/mol. The van der Waals surface area contributed by atoms with E-state index in [4.69, 9.17) is 10.7 Å². The van der Waals surface area contributed by atoms with Gasteiger partial charge in [0.15, 0.2) is 0 Å². The third kappa shape index (κ3) is 5.75. The SMILES string of the molecule is CCC(C)[C@H](c1nc2cc(C)ccc2n1Cc1cccc(F)c1)N(CCCN)C(=O)c1ccc(F)cc1F. The van der Waals surface area contributed by atoms with Crippen LogP contribution in [0.4, 0.5) is 13.2 Å². The minimum atomic E-state index is -0.917. The number of hydrogen-bond acceptors (Lipinski definition) is 3. The maximum absolute atomic E-state index is 14.8. The number of carbonyl (C=O) groups is 1. The number of rotatable bonds is 10. The van der Waals surface area contributed by atoms with Gasteiger partial charge in [-0.15, -0.1) is 0 Å². The maximum Gasteiger partial charge on any atom is 0.257 e. The summed E-state index contributed by atoms with van der Waals surface area (Å²) in [4.78, 5) is 20.4. The van der Waals surface area contributed by atoms with Gasteiger partial charge in [-0.25, -0.2) is 18.2 Å². The van der Waals surface area contributed by atoms with Crippen molar-refractivity contribution in [3.05, 3.63) is 101 Å². The third-order valence-corrected chi connectivity index (χ3v) is 6.97. The highest BCUT2D eigenvalue weighted by Crippen LogP contribution is 2.35. The maximum atomic E-state index is 14.8. The molecule has 8 heteroatoms. The number of aryl methyl sites for hydroxylation is 1. The van der Waals surface area contributed by atoms with Crippen LogP contribution >= 0.6 is 0 Å². The Labute approximate surface area is 221 Å². The molecule has 2 N–H and O–H groups in total. The number of carbonyl (C=O) groups excluding carboxylic acids is 1. The summed E-state index contributed by atoms with van der Waals surface area (Å²) < 4.78 is 44.5. The average molecular weight is 523 g/mol. The van der Waals surface area contributed by atoms with Gasteiger partial charge in [0.25, 0.3) is 5.91 Å². The zero-order valence-electron chi connectivity index (χ0n) is 21.9. The van der Waals surface area contributed by atoms with Crippen molar-refractivity contribution < 1.29 is 18.0 Å². The van der Waals surface area contributed by atoms with Crippen LogP contribution < -0.4 is 5.73 Å². The van der Waals surface area contributed by atoms with Crippen LogP contribution in [0.15, 0.2) is 60.7 Å². The summed E-state index contributed by atoms with van der Waals surface area (Å²) in [6.45, 7) is 6.96. The molecule has 200 valence electrons. The van der Waals surface area contributed by atoms with Crippen molar-refractivity contribution in [2.75, 3.05) is 13.1 Å². The Morgan fingerprint density at radius 3 is 2.50 bits per heavy atom. The van der Waals surface area contributed by atoms with Crippen molar-refractivity contribution in [2.45, 2.75) is 46.2 Å². The molecule has 0 saturated heterocycles. The molecule has 1 unspecified atom stereocenters. The largest absolute Gasteiger partial charge is 0.330 e. The summed E-state index contributed by atoms with van der Waals surface area (Å²) in [7, 11) is 0. The number of imidazole rings is 1. The summed E-state index contributed by atoms with van der Waals surface area (Å²) in [5, 5.41) is 0. The van der Waals surface area contributed by atoms with Gasteiger partial charge < -0.3 is 15.2 Å². The minimum Gasteiger partial charge on any atom is -0.330 e. The van der Waals surface area contributed by atoms with Crippen LogP contribution in [0, 0.1) is 30.3 Å². The van der Waals surface area contributed by atoms with Crippen LogP contribution in [0.25, 0.3) is 11.0 Å². The van der Waals surface area contributed by atoms with E-state index in [1.54, 1.807) is 11.0 Å². The Balaban J connectivity index is 1.91. The molecule has 38 heavy (non-hydrogen) atoms. The van der Waals surface area contributed by atoms with E-state index in [-0.39, 0.29) is 23.8 Å². The van der Waals surface area contributed by atoms with Gasteiger partial charge in [0, 0.05) is 19.2 Å². The predicted molar refractivity (Wildman–Crippen MR) is 143 cm³/mol. The van der Waals surface area contributed by atoms with Crippen molar-refractivity contribution in [3.63, 3.8) is 0 Å². The fraction of sp³-hybridized carbons (Fsp3) is 0.333.